The molecule has 0 saturated carbocycles. The number of hydrogen-bond acceptors (Lipinski definition) is 1. The zero-order valence-electron chi connectivity index (χ0n) is 10.4. The number of aromatic amines is 1. The molecule has 0 fully saturated rings. The van der Waals surface area contributed by atoms with Crippen LogP contribution in [0.3, 0.4) is 0 Å². The van der Waals surface area contributed by atoms with Gasteiger partial charge in [0.25, 0.3) is 0 Å². The Kier molecular flexibility index (Phi) is 7.48. The summed E-state index contributed by atoms with van der Waals surface area (Å²) >= 11 is 0. The second-order valence-corrected chi connectivity index (χ2v) is 4.29. The van der Waals surface area contributed by atoms with E-state index in [1.807, 2.05) is 6.20 Å². The van der Waals surface area contributed by atoms with Gasteiger partial charge in [0.05, 0.1) is 0 Å². The summed E-state index contributed by atoms with van der Waals surface area (Å²) in [6.07, 6.45) is 18.7. The molecule has 0 unspecified atom stereocenters. The van der Waals surface area contributed by atoms with E-state index in [4.69, 9.17) is 0 Å². The Hall–Kier alpha value is -1.05. The molecular formula is C14H24N2. The normalized spacial score (nSPS) is 11.3. The molecule has 0 radical (unpaired) electrons. The number of imidazole rings is 1. The van der Waals surface area contributed by atoms with Crippen molar-refractivity contribution in [3.8, 4) is 0 Å². The summed E-state index contributed by atoms with van der Waals surface area (Å²) < 4.78 is 0. The lowest BCUT2D eigenvalue weighted by molar-refractivity contribution is 0.592. The summed E-state index contributed by atoms with van der Waals surface area (Å²) in [6.45, 7) is 2.26. The van der Waals surface area contributed by atoms with Crippen LogP contribution in [-0.4, -0.2) is 9.97 Å². The maximum Gasteiger partial charge on any atom is 0.129 e. The van der Waals surface area contributed by atoms with Crippen LogP contribution in [0, 0.1) is 0 Å². The number of rotatable bonds is 9. The molecule has 0 aliphatic heterocycles. The predicted molar refractivity (Wildman–Crippen MR) is 70.2 cm³/mol. The lowest BCUT2D eigenvalue weighted by Crippen LogP contribution is -1.79. The Morgan fingerprint density at radius 3 is 2.56 bits per heavy atom. The molecule has 2 nitrogen and oxygen atoms in total. The highest BCUT2D eigenvalue weighted by molar-refractivity contribution is 5.38. The first-order valence-corrected chi connectivity index (χ1v) is 6.59. The van der Waals surface area contributed by atoms with Gasteiger partial charge in [-0.3, -0.25) is 0 Å². The van der Waals surface area contributed by atoms with E-state index < -0.39 is 0 Å². The molecule has 0 saturated heterocycles. The molecule has 1 heterocycles. The second kappa shape index (κ2) is 9.20. The first-order valence-electron chi connectivity index (χ1n) is 6.59. The Morgan fingerprint density at radius 2 is 1.88 bits per heavy atom. The SMILES string of the molecule is CCCCCCCCC/C=C/c1ncc[nH]1. The predicted octanol–water partition coefficient (Wildman–Crippen LogP) is 4.56. The Morgan fingerprint density at radius 1 is 1.12 bits per heavy atom. The van der Waals surface area contributed by atoms with Crippen molar-refractivity contribution in [1.82, 2.24) is 9.97 Å². The molecule has 0 aliphatic carbocycles. The van der Waals surface area contributed by atoms with Gasteiger partial charge in [0.2, 0.25) is 0 Å². The molecule has 0 aromatic carbocycles. The number of allylic oxidation sites excluding steroid dienone is 1. The number of H-pyrrole nitrogens is 1. The summed E-state index contributed by atoms with van der Waals surface area (Å²) in [5, 5.41) is 0. The van der Waals surface area contributed by atoms with Gasteiger partial charge >= 0.3 is 0 Å². The van der Waals surface area contributed by atoms with Gasteiger partial charge in [-0.1, -0.05) is 51.5 Å². The quantitative estimate of drug-likeness (QED) is 0.607. The van der Waals surface area contributed by atoms with E-state index >= 15 is 0 Å². The van der Waals surface area contributed by atoms with Crippen LogP contribution in [0.4, 0.5) is 0 Å². The first kappa shape index (κ1) is 13.0. The van der Waals surface area contributed by atoms with E-state index in [1.165, 1.54) is 51.4 Å². The Bertz CT molecular complexity index is 262. The van der Waals surface area contributed by atoms with E-state index in [1.54, 1.807) is 6.20 Å². The average Bonchev–Trinajstić information content (AvgIpc) is 2.80. The van der Waals surface area contributed by atoms with Crippen LogP contribution in [-0.2, 0) is 0 Å². The lowest BCUT2D eigenvalue weighted by Gasteiger charge is -1.98. The second-order valence-electron chi connectivity index (χ2n) is 4.29. The number of hydrogen-bond donors (Lipinski definition) is 1. The fourth-order valence-corrected chi connectivity index (χ4v) is 1.78. The largest absolute Gasteiger partial charge is 0.345 e. The van der Waals surface area contributed by atoms with Crippen LogP contribution < -0.4 is 0 Å². The number of unbranched alkanes of at least 4 members (excludes halogenated alkanes) is 7. The fourth-order valence-electron chi connectivity index (χ4n) is 1.78. The fraction of sp³-hybridized carbons (Fsp3) is 0.643. The van der Waals surface area contributed by atoms with Gasteiger partial charge < -0.3 is 4.98 Å². The van der Waals surface area contributed by atoms with Gasteiger partial charge in [0.15, 0.2) is 0 Å². The van der Waals surface area contributed by atoms with Gasteiger partial charge in [-0.2, -0.15) is 0 Å². The minimum atomic E-state index is 0.961. The van der Waals surface area contributed by atoms with Gasteiger partial charge in [0.1, 0.15) is 5.82 Å². The summed E-state index contributed by atoms with van der Waals surface area (Å²) in [5.74, 6) is 0.961. The van der Waals surface area contributed by atoms with Crippen molar-refractivity contribution < 1.29 is 0 Å². The molecule has 2 heteroatoms. The molecule has 1 N–H and O–H groups in total. The molecule has 16 heavy (non-hydrogen) atoms. The van der Waals surface area contributed by atoms with Gasteiger partial charge in [-0.25, -0.2) is 4.98 Å². The molecule has 0 spiro atoms. The average molecular weight is 220 g/mol. The van der Waals surface area contributed by atoms with Crippen molar-refractivity contribution in [3.05, 3.63) is 24.3 Å². The summed E-state index contributed by atoms with van der Waals surface area (Å²) in [6, 6.07) is 0. The van der Waals surface area contributed by atoms with Crippen molar-refractivity contribution in [2.24, 2.45) is 0 Å². The molecule has 0 amide bonds. The van der Waals surface area contributed by atoms with Crippen LogP contribution in [0.2, 0.25) is 0 Å². The van der Waals surface area contributed by atoms with E-state index in [-0.39, 0.29) is 0 Å². The molecule has 0 atom stereocenters. The third-order valence-electron chi connectivity index (χ3n) is 2.77. The third-order valence-corrected chi connectivity index (χ3v) is 2.77. The minimum absolute atomic E-state index is 0.961. The van der Waals surface area contributed by atoms with E-state index in [0.717, 1.165) is 5.82 Å². The molecular weight excluding hydrogens is 196 g/mol. The van der Waals surface area contributed by atoms with E-state index in [0.29, 0.717) is 0 Å². The topological polar surface area (TPSA) is 28.7 Å². The molecule has 90 valence electrons. The minimum Gasteiger partial charge on any atom is -0.345 e. The number of nitrogens with one attached hydrogen (secondary N) is 1. The number of aromatic nitrogens is 2. The van der Waals surface area contributed by atoms with Crippen LogP contribution in [0.15, 0.2) is 18.5 Å². The van der Waals surface area contributed by atoms with Crippen molar-refractivity contribution in [2.45, 2.75) is 58.3 Å². The number of nitrogens with zero attached hydrogens (tertiary/aromatic N) is 1. The summed E-state index contributed by atoms with van der Waals surface area (Å²) in [5.41, 5.74) is 0. The van der Waals surface area contributed by atoms with Crippen molar-refractivity contribution in [1.29, 1.82) is 0 Å². The zero-order valence-corrected chi connectivity index (χ0v) is 10.4. The third kappa shape index (κ3) is 6.44. The van der Waals surface area contributed by atoms with Gasteiger partial charge in [-0.05, 0) is 18.9 Å². The van der Waals surface area contributed by atoms with Crippen molar-refractivity contribution in [2.75, 3.05) is 0 Å². The van der Waals surface area contributed by atoms with Crippen LogP contribution in [0.5, 0.6) is 0 Å². The maximum absolute atomic E-state index is 4.14. The van der Waals surface area contributed by atoms with E-state index in [2.05, 4.69) is 29.0 Å². The summed E-state index contributed by atoms with van der Waals surface area (Å²) in [7, 11) is 0. The highest BCUT2D eigenvalue weighted by Crippen LogP contribution is 2.08. The monoisotopic (exact) mass is 220 g/mol. The van der Waals surface area contributed by atoms with Crippen molar-refractivity contribution in [3.63, 3.8) is 0 Å². The zero-order chi connectivity index (χ0) is 11.5. The lowest BCUT2D eigenvalue weighted by atomic mass is 10.1. The van der Waals surface area contributed by atoms with Crippen LogP contribution in [0.1, 0.15) is 64.1 Å². The maximum atomic E-state index is 4.14. The Balaban J connectivity index is 1.88. The van der Waals surface area contributed by atoms with Crippen LogP contribution >= 0.6 is 0 Å². The smallest absolute Gasteiger partial charge is 0.129 e. The summed E-state index contributed by atoms with van der Waals surface area (Å²) in [4.78, 5) is 7.21. The molecule has 0 bridgehead atoms. The highest BCUT2D eigenvalue weighted by atomic mass is 14.9. The molecule has 1 rings (SSSR count). The molecule has 0 aliphatic rings. The highest BCUT2D eigenvalue weighted by Gasteiger charge is 1.90. The van der Waals surface area contributed by atoms with Gasteiger partial charge in [-0.15, -0.1) is 0 Å². The van der Waals surface area contributed by atoms with Crippen molar-refractivity contribution >= 4 is 6.08 Å². The molecule has 1 aromatic heterocycles. The standard InChI is InChI=1S/C14H24N2/c1-2-3-4-5-6-7-8-9-10-11-14-15-12-13-16-14/h10-13H,2-9H2,1H3,(H,15,16)/b11-10+. The van der Waals surface area contributed by atoms with Crippen LogP contribution in [0.25, 0.3) is 6.08 Å². The van der Waals surface area contributed by atoms with Gasteiger partial charge in [0, 0.05) is 12.4 Å². The van der Waals surface area contributed by atoms with E-state index in [9.17, 15) is 0 Å². The Labute approximate surface area is 99.2 Å². The molecule has 1 aromatic rings. The first-order chi connectivity index (χ1) is 7.93.